The summed E-state index contributed by atoms with van der Waals surface area (Å²) in [5.41, 5.74) is 0.610. The van der Waals surface area contributed by atoms with E-state index in [0.717, 1.165) is 0 Å². The molecule has 0 bridgehead atoms. The van der Waals surface area contributed by atoms with Crippen molar-refractivity contribution in [2.45, 2.75) is 6.61 Å². The van der Waals surface area contributed by atoms with Crippen LogP contribution in [0.1, 0.15) is 16.2 Å². The maximum atomic E-state index is 11.0. The molecule has 0 aliphatic rings. The Hall–Kier alpha value is -2.35. The number of oxazole rings is 1. The van der Waals surface area contributed by atoms with Crippen LogP contribution in [-0.4, -0.2) is 40.1 Å². The van der Waals surface area contributed by atoms with E-state index < -0.39 is 5.97 Å². The SMILES string of the molecule is COCc1nc(-c2cc(OC)n(C)n2)oc1C(=O)O. The number of nitrogens with zero attached hydrogens (tertiary/aromatic N) is 3. The second kappa shape index (κ2) is 5.11. The average molecular weight is 267 g/mol. The lowest BCUT2D eigenvalue weighted by molar-refractivity contribution is 0.0656. The van der Waals surface area contributed by atoms with Gasteiger partial charge in [-0.25, -0.2) is 14.5 Å². The highest BCUT2D eigenvalue weighted by molar-refractivity contribution is 5.86. The van der Waals surface area contributed by atoms with Crippen molar-refractivity contribution in [2.24, 2.45) is 7.05 Å². The molecule has 0 spiro atoms. The van der Waals surface area contributed by atoms with Gasteiger partial charge in [0.2, 0.25) is 17.5 Å². The van der Waals surface area contributed by atoms with Crippen LogP contribution in [0.25, 0.3) is 11.6 Å². The molecule has 2 aromatic rings. The van der Waals surface area contributed by atoms with E-state index in [9.17, 15) is 4.79 Å². The molecule has 2 rings (SSSR count). The molecule has 0 aromatic carbocycles. The second-order valence-corrected chi connectivity index (χ2v) is 3.73. The van der Waals surface area contributed by atoms with Crippen LogP contribution < -0.4 is 4.74 Å². The van der Waals surface area contributed by atoms with Gasteiger partial charge in [-0.15, -0.1) is 0 Å². The van der Waals surface area contributed by atoms with E-state index in [1.54, 1.807) is 13.1 Å². The van der Waals surface area contributed by atoms with Crippen LogP contribution in [0.3, 0.4) is 0 Å². The monoisotopic (exact) mass is 267 g/mol. The van der Waals surface area contributed by atoms with Gasteiger partial charge in [-0.3, -0.25) is 0 Å². The van der Waals surface area contributed by atoms with Crippen molar-refractivity contribution >= 4 is 5.97 Å². The highest BCUT2D eigenvalue weighted by Gasteiger charge is 2.22. The van der Waals surface area contributed by atoms with E-state index >= 15 is 0 Å². The molecule has 2 aromatic heterocycles. The molecule has 0 aliphatic carbocycles. The van der Waals surface area contributed by atoms with E-state index in [1.165, 1.54) is 18.9 Å². The first-order chi connectivity index (χ1) is 9.06. The second-order valence-electron chi connectivity index (χ2n) is 3.73. The zero-order chi connectivity index (χ0) is 14.0. The van der Waals surface area contributed by atoms with Crippen molar-refractivity contribution in [2.75, 3.05) is 14.2 Å². The summed E-state index contributed by atoms with van der Waals surface area (Å²) in [6, 6.07) is 1.61. The van der Waals surface area contributed by atoms with Crippen molar-refractivity contribution in [3.8, 4) is 17.5 Å². The molecule has 0 aliphatic heterocycles. The summed E-state index contributed by atoms with van der Waals surface area (Å²) < 4.78 is 16.7. The number of rotatable bonds is 5. The molecular weight excluding hydrogens is 254 g/mol. The Morgan fingerprint density at radius 1 is 1.53 bits per heavy atom. The molecular formula is C11H13N3O5. The van der Waals surface area contributed by atoms with Crippen LogP contribution in [-0.2, 0) is 18.4 Å². The molecule has 0 unspecified atom stereocenters. The minimum absolute atomic E-state index is 0.0507. The Morgan fingerprint density at radius 2 is 2.26 bits per heavy atom. The number of ether oxygens (including phenoxy) is 2. The Balaban J connectivity index is 2.44. The molecule has 0 saturated heterocycles. The maximum Gasteiger partial charge on any atom is 0.373 e. The number of carboxylic acids is 1. The largest absolute Gasteiger partial charge is 0.481 e. The summed E-state index contributed by atoms with van der Waals surface area (Å²) in [7, 11) is 4.65. The standard InChI is InChI=1S/C11H13N3O5/c1-14-8(18-3)4-6(13-14)10-12-7(5-17-2)9(19-10)11(15)16/h4H,5H2,1-3H3,(H,15,16). The third-order valence-electron chi connectivity index (χ3n) is 2.44. The molecule has 0 amide bonds. The number of methoxy groups -OCH3 is 2. The summed E-state index contributed by atoms with van der Waals surface area (Å²) in [5.74, 6) is -0.822. The van der Waals surface area contributed by atoms with Gasteiger partial charge in [0.05, 0.1) is 13.7 Å². The summed E-state index contributed by atoms with van der Waals surface area (Å²) in [6.07, 6.45) is 0. The Bertz CT molecular complexity index is 601. The van der Waals surface area contributed by atoms with Gasteiger partial charge in [0.1, 0.15) is 5.69 Å². The van der Waals surface area contributed by atoms with Gasteiger partial charge in [0.15, 0.2) is 5.69 Å². The van der Waals surface area contributed by atoms with E-state index in [-0.39, 0.29) is 24.0 Å². The third-order valence-corrected chi connectivity index (χ3v) is 2.44. The number of carbonyl (C=O) groups is 1. The predicted octanol–water partition coefficient (Wildman–Crippen LogP) is 0.928. The molecule has 8 heteroatoms. The van der Waals surface area contributed by atoms with Gasteiger partial charge in [-0.2, -0.15) is 5.10 Å². The summed E-state index contributed by atoms with van der Waals surface area (Å²) >= 11 is 0. The topological polar surface area (TPSA) is 99.6 Å². The lowest BCUT2D eigenvalue weighted by atomic mass is 10.3. The van der Waals surface area contributed by atoms with E-state index in [4.69, 9.17) is 19.0 Å². The average Bonchev–Trinajstić information content (AvgIpc) is 2.93. The highest BCUT2D eigenvalue weighted by atomic mass is 16.5. The Labute approximate surface area is 108 Å². The van der Waals surface area contributed by atoms with Gasteiger partial charge in [-0.05, 0) is 0 Å². The molecule has 0 saturated carbocycles. The molecule has 1 N–H and O–H groups in total. The van der Waals surface area contributed by atoms with Crippen LogP contribution in [0.2, 0.25) is 0 Å². The Kier molecular flexibility index (Phi) is 3.52. The minimum Gasteiger partial charge on any atom is -0.481 e. The van der Waals surface area contributed by atoms with Crippen LogP contribution in [0.15, 0.2) is 10.5 Å². The van der Waals surface area contributed by atoms with Crippen molar-refractivity contribution in [3.63, 3.8) is 0 Å². The van der Waals surface area contributed by atoms with Crippen LogP contribution in [0.5, 0.6) is 5.88 Å². The summed E-state index contributed by atoms with van der Waals surface area (Å²) in [6.45, 7) is 0.0507. The normalized spacial score (nSPS) is 10.7. The number of hydrogen-bond acceptors (Lipinski definition) is 6. The smallest absolute Gasteiger partial charge is 0.373 e. The van der Waals surface area contributed by atoms with Crippen molar-refractivity contribution in [3.05, 3.63) is 17.5 Å². The number of aromatic nitrogens is 3. The molecule has 102 valence electrons. The van der Waals surface area contributed by atoms with E-state index in [1.807, 2.05) is 0 Å². The fourth-order valence-corrected chi connectivity index (χ4v) is 1.61. The predicted molar refractivity (Wildman–Crippen MR) is 62.9 cm³/mol. The van der Waals surface area contributed by atoms with Gasteiger partial charge in [0, 0.05) is 20.2 Å². The van der Waals surface area contributed by atoms with Gasteiger partial charge in [0.25, 0.3) is 0 Å². The molecule has 19 heavy (non-hydrogen) atoms. The van der Waals surface area contributed by atoms with Crippen molar-refractivity contribution in [1.82, 2.24) is 14.8 Å². The lowest BCUT2D eigenvalue weighted by Gasteiger charge is -1.95. The first-order valence-electron chi connectivity index (χ1n) is 5.37. The molecule has 0 atom stereocenters. The number of aromatic carboxylic acids is 1. The molecule has 0 fully saturated rings. The highest BCUT2D eigenvalue weighted by Crippen LogP contribution is 2.24. The quantitative estimate of drug-likeness (QED) is 0.859. The lowest BCUT2D eigenvalue weighted by Crippen LogP contribution is -2.00. The first kappa shape index (κ1) is 13.1. The molecule has 2 heterocycles. The fraction of sp³-hybridized carbons (Fsp3) is 0.364. The number of hydrogen-bond donors (Lipinski definition) is 1. The maximum absolute atomic E-state index is 11.0. The summed E-state index contributed by atoms with van der Waals surface area (Å²) in [4.78, 5) is 15.1. The number of carboxylic acid groups (broad SMARTS) is 1. The zero-order valence-corrected chi connectivity index (χ0v) is 10.7. The van der Waals surface area contributed by atoms with E-state index in [0.29, 0.717) is 11.6 Å². The molecule has 0 radical (unpaired) electrons. The van der Waals surface area contributed by atoms with Gasteiger partial charge in [-0.1, -0.05) is 0 Å². The summed E-state index contributed by atoms with van der Waals surface area (Å²) in [5, 5.41) is 13.1. The van der Waals surface area contributed by atoms with Crippen LogP contribution in [0.4, 0.5) is 0 Å². The molecule has 8 nitrogen and oxygen atoms in total. The number of aryl methyl sites for hydroxylation is 1. The first-order valence-corrected chi connectivity index (χ1v) is 5.37. The zero-order valence-electron chi connectivity index (χ0n) is 10.7. The third kappa shape index (κ3) is 2.43. The Morgan fingerprint density at radius 3 is 2.79 bits per heavy atom. The fourth-order valence-electron chi connectivity index (χ4n) is 1.61. The van der Waals surface area contributed by atoms with Crippen molar-refractivity contribution in [1.29, 1.82) is 0 Å². The van der Waals surface area contributed by atoms with Crippen LogP contribution >= 0.6 is 0 Å². The van der Waals surface area contributed by atoms with E-state index in [2.05, 4.69) is 10.1 Å². The van der Waals surface area contributed by atoms with Crippen LogP contribution in [0, 0.1) is 0 Å². The van der Waals surface area contributed by atoms with Crippen molar-refractivity contribution < 1.29 is 23.8 Å². The minimum atomic E-state index is -1.20. The van der Waals surface area contributed by atoms with Gasteiger partial charge < -0.3 is 19.0 Å². The van der Waals surface area contributed by atoms with Gasteiger partial charge >= 0.3 is 5.97 Å².